The first-order chi connectivity index (χ1) is 6.99. The standard InChI is InChI=1S/C9H10FNO4/c1-5-6(9(12)15-2)3-4-7(10)8(5)11(13)14/h3-6H,1-2H3. The van der Waals surface area contributed by atoms with Crippen LogP contribution in [-0.4, -0.2) is 18.0 Å². The molecule has 0 saturated carbocycles. The monoisotopic (exact) mass is 215 g/mol. The molecular formula is C9H10FNO4. The molecule has 0 aromatic rings. The quantitative estimate of drug-likeness (QED) is 0.397. The SMILES string of the molecule is COC(=O)C1C=CC(F)=C([N+](=O)[O-])C1C. The highest BCUT2D eigenvalue weighted by Gasteiger charge is 2.38. The molecule has 0 aromatic carbocycles. The Kier molecular flexibility index (Phi) is 3.18. The molecule has 0 spiro atoms. The largest absolute Gasteiger partial charge is 0.469 e. The number of hydrogen-bond donors (Lipinski definition) is 0. The van der Waals surface area contributed by atoms with Crippen molar-refractivity contribution in [2.24, 2.45) is 11.8 Å². The molecule has 0 aromatic heterocycles. The smallest absolute Gasteiger partial charge is 0.313 e. The topological polar surface area (TPSA) is 69.4 Å². The fourth-order valence-corrected chi connectivity index (χ4v) is 1.50. The molecule has 6 heteroatoms. The molecule has 0 amide bonds. The van der Waals surface area contributed by atoms with Crippen molar-refractivity contribution in [1.29, 1.82) is 0 Å². The van der Waals surface area contributed by atoms with E-state index in [0.29, 0.717) is 0 Å². The Labute approximate surface area is 85.4 Å². The third kappa shape index (κ3) is 2.03. The minimum atomic E-state index is -0.910. The Hall–Kier alpha value is -1.72. The number of allylic oxidation sites excluding steroid dienone is 3. The van der Waals surface area contributed by atoms with Gasteiger partial charge in [0.15, 0.2) is 5.83 Å². The number of carbonyl (C=O) groups is 1. The van der Waals surface area contributed by atoms with Gasteiger partial charge in [-0.05, 0) is 6.08 Å². The van der Waals surface area contributed by atoms with Crippen LogP contribution in [0.15, 0.2) is 23.7 Å². The van der Waals surface area contributed by atoms with Crippen LogP contribution in [0.4, 0.5) is 4.39 Å². The van der Waals surface area contributed by atoms with Crippen LogP contribution < -0.4 is 0 Å². The van der Waals surface area contributed by atoms with Crippen molar-refractivity contribution in [3.63, 3.8) is 0 Å². The molecule has 0 N–H and O–H groups in total. The lowest BCUT2D eigenvalue weighted by atomic mass is 9.87. The van der Waals surface area contributed by atoms with Crippen molar-refractivity contribution in [2.45, 2.75) is 6.92 Å². The third-order valence-electron chi connectivity index (χ3n) is 2.33. The highest BCUT2D eigenvalue weighted by molar-refractivity contribution is 5.75. The van der Waals surface area contributed by atoms with Gasteiger partial charge in [-0.1, -0.05) is 13.0 Å². The molecule has 82 valence electrons. The molecule has 2 unspecified atom stereocenters. The van der Waals surface area contributed by atoms with Crippen LogP contribution >= 0.6 is 0 Å². The molecule has 1 aliphatic rings. The average Bonchev–Trinajstić information content (AvgIpc) is 2.16. The molecule has 0 bridgehead atoms. The van der Waals surface area contributed by atoms with E-state index < -0.39 is 34.3 Å². The van der Waals surface area contributed by atoms with Crippen molar-refractivity contribution in [1.82, 2.24) is 0 Å². The fourth-order valence-electron chi connectivity index (χ4n) is 1.50. The number of methoxy groups -OCH3 is 1. The van der Waals surface area contributed by atoms with Gasteiger partial charge in [-0.2, -0.15) is 4.39 Å². The van der Waals surface area contributed by atoms with Gasteiger partial charge in [0.05, 0.1) is 23.9 Å². The molecule has 1 aliphatic carbocycles. The molecule has 0 fully saturated rings. The highest BCUT2D eigenvalue weighted by atomic mass is 19.1. The maximum absolute atomic E-state index is 13.1. The second kappa shape index (κ2) is 4.20. The van der Waals surface area contributed by atoms with Crippen LogP contribution in [-0.2, 0) is 9.53 Å². The van der Waals surface area contributed by atoms with Gasteiger partial charge in [-0.3, -0.25) is 14.9 Å². The molecule has 5 nitrogen and oxygen atoms in total. The van der Waals surface area contributed by atoms with Gasteiger partial charge in [0, 0.05) is 0 Å². The van der Waals surface area contributed by atoms with E-state index in [1.807, 2.05) is 0 Å². The molecule has 1 rings (SSSR count). The lowest BCUT2D eigenvalue weighted by Crippen LogP contribution is -2.28. The molecule has 0 radical (unpaired) electrons. The summed E-state index contributed by atoms with van der Waals surface area (Å²) in [6, 6.07) is 0. The van der Waals surface area contributed by atoms with Crippen molar-refractivity contribution in [2.75, 3.05) is 7.11 Å². The van der Waals surface area contributed by atoms with E-state index in [1.165, 1.54) is 20.1 Å². The lowest BCUT2D eigenvalue weighted by molar-refractivity contribution is -0.436. The molecule has 0 saturated heterocycles. The minimum Gasteiger partial charge on any atom is -0.469 e. The number of ether oxygens (including phenoxy) is 1. The van der Waals surface area contributed by atoms with Gasteiger partial charge < -0.3 is 4.74 Å². The van der Waals surface area contributed by atoms with Crippen molar-refractivity contribution >= 4 is 5.97 Å². The van der Waals surface area contributed by atoms with Crippen LogP contribution in [0.25, 0.3) is 0 Å². The number of carbonyl (C=O) groups excluding carboxylic acids is 1. The first-order valence-electron chi connectivity index (χ1n) is 4.29. The van der Waals surface area contributed by atoms with E-state index in [0.717, 1.165) is 6.08 Å². The van der Waals surface area contributed by atoms with Crippen LogP contribution in [0, 0.1) is 22.0 Å². The predicted molar refractivity (Wildman–Crippen MR) is 48.9 cm³/mol. The zero-order valence-corrected chi connectivity index (χ0v) is 8.27. The summed E-state index contributed by atoms with van der Waals surface area (Å²) in [5.41, 5.74) is -0.576. The zero-order valence-electron chi connectivity index (χ0n) is 8.27. The Morgan fingerprint density at radius 2 is 2.27 bits per heavy atom. The summed E-state index contributed by atoms with van der Waals surface area (Å²) in [6.07, 6.45) is 2.21. The van der Waals surface area contributed by atoms with Crippen molar-refractivity contribution < 1.29 is 18.8 Å². The molecular weight excluding hydrogens is 205 g/mol. The second-order valence-corrected chi connectivity index (χ2v) is 3.19. The zero-order chi connectivity index (χ0) is 11.6. The normalized spacial score (nSPS) is 25.3. The van der Waals surface area contributed by atoms with Gasteiger partial charge >= 0.3 is 5.97 Å². The van der Waals surface area contributed by atoms with E-state index in [9.17, 15) is 19.3 Å². The van der Waals surface area contributed by atoms with E-state index in [-0.39, 0.29) is 0 Å². The first kappa shape index (κ1) is 11.4. The third-order valence-corrected chi connectivity index (χ3v) is 2.33. The summed E-state index contributed by atoms with van der Waals surface area (Å²) in [6.45, 7) is 1.42. The predicted octanol–water partition coefficient (Wildman–Crippen LogP) is 1.44. The number of hydrogen-bond acceptors (Lipinski definition) is 4. The number of halogens is 1. The highest BCUT2D eigenvalue weighted by Crippen LogP contribution is 2.31. The van der Waals surface area contributed by atoms with Crippen molar-refractivity contribution in [3.05, 3.63) is 33.8 Å². The van der Waals surface area contributed by atoms with Gasteiger partial charge in [0.1, 0.15) is 0 Å². The first-order valence-corrected chi connectivity index (χ1v) is 4.29. The molecule has 0 heterocycles. The summed E-state index contributed by atoms with van der Waals surface area (Å²) < 4.78 is 17.6. The molecule has 15 heavy (non-hydrogen) atoms. The number of esters is 1. The Bertz CT molecular complexity index is 361. The second-order valence-electron chi connectivity index (χ2n) is 3.19. The summed E-state index contributed by atoms with van der Waals surface area (Å²) in [5.74, 6) is -3.13. The van der Waals surface area contributed by atoms with Gasteiger partial charge in [0.25, 0.3) is 5.70 Å². The van der Waals surface area contributed by atoms with Gasteiger partial charge in [-0.25, -0.2) is 0 Å². The van der Waals surface area contributed by atoms with Gasteiger partial charge in [0.2, 0.25) is 0 Å². The average molecular weight is 215 g/mol. The molecule has 0 aliphatic heterocycles. The van der Waals surface area contributed by atoms with Crippen LogP contribution in [0.2, 0.25) is 0 Å². The Balaban J connectivity index is 3.03. The number of nitro groups is 1. The Morgan fingerprint density at radius 1 is 1.67 bits per heavy atom. The number of nitrogens with zero attached hydrogens (tertiary/aromatic N) is 1. The summed E-state index contributed by atoms with van der Waals surface area (Å²) in [5, 5.41) is 10.6. The van der Waals surface area contributed by atoms with E-state index in [1.54, 1.807) is 0 Å². The van der Waals surface area contributed by atoms with Crippen LogP contribution in [0.5, 0.6) is 0 Å². The Morgan fingerprint density at radius 3 is 2.73 bits per heavy atom. The maximum Gasteiger partial charge on any atom is 0.313 e. The van der Waals surface area contributed by atoms with Gasteiger partial charge in [-0.15, -0.1) is 0 Å². The summed E-state index contributed by atoms with van der Waals surface area (Å²) >= 11 is 0. The van der Waals surface area contributed by atoms with Crippen LogP contribution in [0.1, 0.15) is 6.92 Å². The van der Waals surface area contributed by atoms with Crippen LogP contribution in [0.3, 0.4) is 0 Å². The van der Waals surface area contributed by atoms with E-state index in [2.05, 4.69) is 4.74 Å². The maximum atomic E-state index is 13.1. The fraction of sp³-hybridized carbons (Fsp3) is 0.444. The lowest BCUT2D eigenvalue weighted by Gasteiger charge is -2.19. The number of rotatable bonds is 2. The van der Waals surface area contributed by atoms with E-state index in [4.69, 9.17) is 0 Å². The summed E-state index contributed by atoms with van der Waals surface area (Å²) in [4.78, 5) is 21.0. The van der Waals surface area contributed by atoms with E-state index >= 15 is 0 Å². The van der Waals surface area contributed by atoms with Crippen molar-refractivity contribution in [3.8, 4) is 0 Å². The minimum absolute atomic E-state index is 0.576. The summed E-state index contributed by atoms with van der Waals surface area (Å²) in [7, 11) is 1.18. The molecule has 2 atom stereocenters.